The Morgan fingerprint density at radius 1 is 0.981 bits per heavy atom. The average molecular weight is 751 g/mol. The van der Waals surface area contributed by atoms with E-state index >= 15 is 0 Å². The molecule has 4 unspecified atom stereocenters. The minimum atomic E-state index is -1.27. The van der Waals surface area contributed by atoms with Gasteiger partial charge in [0.05, 0.1) is 12.6 Å². The van der Waals surface area contributed by atoms with E-state index in [2.05, 4.69) is 27.8 Å². The molecular weight excluding hydrogens is 692 g/mol. The molecule has 0 spiro atoms. The van der Waals surface area contributed by atoms with Crippen LogP contribution in [-0.2, 0) is 33.5 Å². The second kappa shape index (κ2) is 17.6. The lowest BCUT2D eigenvalue weighted by atomic mass is 9.83. The fourth-order valence-electron chi connectivity index (χ4n) is 7.89. The molecule has 3 aliphatic rings. The molecule has 4 N–H and O–H groups in total. The van der Waals surface area contributed by atoms with Crippen LogP contribution in [0.5, 0.6) is 0 Å². The number of hydrogen-bond donors (Lipinski definition) is 4. The van der Waals surface area contributed by atoms with Gasteiger partial charge in [-0.05, 0) is 75.2 Å². The molecule has 2 saturated carbocycles. The largest absolute Gasteiger partial charge is 0.444 e. The van der Waals surface area contributed by atoms with E-state index in [1.54, 1.807) is 71.3 Å². The summed E-state index contributed by atoms with van der Waals surface area (Å²) in [5, 5.41) is 10.5. The second-order valence-corrected chi connectivity index (χ2v) is 16.5. The van der Waals surface area contributed by atoms with Crippen molar-refractivity contribution in [2.75, 3.05) is 27.2 Å². The van der Waals surface area contributed by atoms with E-state index in [1.807, 2.05) is 13.8 Å². The minimum Gasteiger partial charge on any atom is -0.444 e. The van der Waals surface area contributed by atoms with Crippen molar-refractivity contribution < 1.29 is 38.3 Å². The molecular formula is C40H58N6O8. The smallest absolute Gasteiger partial charge is 0.408 e. The zero-order valence-electron chi connectivity index (χ0n) is 32.7. The molecule has 14 nitrogen and oxygen atoms in total. The highest BCUT2D eigenvalue weighted by Gasteiger charge is 2.69. The van der Waals surface area contributed by atoms with Crippen molar-refractivity contribution >= 4 is 41.4 Å². The lowest BCUT2D eigenvalue weighted by molar-refractivity contribution is -0.145. The first-order chi connectivity index (χ1) is 25.4. The highest BCUT2D eigenvalue weighted by atomic mass is 16.6. The average Bonchev–Trinajstić information content (AvgIpc) is 3.42. The van der Waals surface area contributed by atoms with E-state index in [4.69, 9.17) is 4.74 Å². The number of ketones is 1. The Balaban J connectivity index is 1.47. The van der Waals surface area contributed by atoms with Crippen molar-refractivity contribution in [2.45, 2.75) is 109 Å². The predicted octanol–water partition coefficient (Wildman–Crippen LogP) is 3.03. The van der Waals surface area contributed by atoms with E-state index in [9.17, 15) is 33.6 Å². The number of carbonyl (C=O) groups is 7. The quantitative estimate of drug-likeness (QED) is 0.156. The third kappa shape index (κ3) is 10.3. The number of carbonyl (C=O) groups excluding carboxylic acids is 7. The summed E-state index contributed by atoms with van der Waals surface area (Å²) in [6.45, 7) is 12.7. The maximum absolute atomic E-state index is 14.4. The molecule has 0 bridgehead atoms. The maximum atomic E-state index is 14.4. The SMILES string of the molecule is C=CCCC(NC(=O)[C@@H]1C2C(CN1C(=O)C(NC(=O)OC(C)(C)C)C1CCCCC1)C2(C)C)C(=O)C(=O)NCC(=O)N[C@H](C(=O)N(C)C)c1ccccc1. The zero-order valence-corrected chi connectivity index (χ0v) is 32.7. The van der Waals surface area contributed by atoms with Crippen molar-refractivity contribution in [3.05, 3.63) is 48.6 Å². The fourth-order valence-corrected chi connectivity index (χ4v) is 7.89. The Morgan fingerprint density at radius 3 is 2.22 bits per heavy atom. The van der Waals surface area contributed by atoms with Gasteiger partial charge in [-0.15, -0.1) is 6.58 Å². The molecule has 1 heterocycles. The van der Waals surface area contributed by atoms with Gasteiger partial charge < -0.3 is 35.8 Å². The number of likely N-dealkylation sites (N-methyl/N-ethyl adjacent to an activating group) is 1. The van der Waals surface area contributed by atoms with Crippen LogP contribution in [0.15, 0.2) is 43.0 Å². The molecule has 0 radical (unpaired) electrons. The summed E-state index contributed by atoms with van der Waals surface area (Å²) in [5.74, 6) is -4.33. The Labute approximate surface area is 318 Å². The van der Waals surface area contributed by atoms with Gasteiger partial charge in [0.2, 0.25) is 29.4 Å². The number of alkyl carbamates (subject to hydrolysis) is 1. The normalized spacial score (nSPS) is 22.0. The number of likely N-dealkylation sites (tertiary alicyclic amines) is 1. The van der Waals surface area contributed by atoms with Crippen LogP contribution in [0.4, 0.5) is 4.79 Å². The molecule has 6 amide bonds. The molecule has 14 heteroatoms. The summed E-state index contributed by atoms with van der Waals surface area (Å²) in [5.41, 5.74) is -0.468. The van der Waals surface area contributed by atoms with Gasteiger partial charge in [-0.3, -0.25) is 28.8 Å². The van der Waals surface area contributed by atoms with Crippen molar-refractivity contribution in [1.82, 2.24) is 31.1 Å². The van der Waals surface area contributed by atoms with Crippen LogP contribution in [0, 0.1) is 23.2 Å². The Morgan fingerprint density at radius 2 is 1.63 bits per heavy atom. The molecule has 1 saturated heterocycles. The number of nitrogens with zero attached hydrogens (tertiary/aromatic N) is 2. The van der Waals surface area contributed by atoms with Crippen molar-refractivity contribution in [2.24, 2.45) is 23.2 Å². The van der Waals surface area contributed by atoms with Crippen LogP contribution < -0.4 is 21.3 Å². The van der Waals surface area contributed by atoms with Gasteiger partial charge in [-0.2, -0.15) is 0 Å². The molecule has 0 aromatic heterocycles. The van der Waals surface area contributed by atoms with Gasteiger partial charge in [-0.25, -0.2) is 4.79 Å². The van der Waals surface area contributed by atoms with Gasteiger partial charge in [-0.1, -0.05) is 69.5 Å². The summed E-state index contributed by atoms with van der Waals surface area (Å²) in [6.07, 6.45) is 5.60. The van der Waals surface area contributed by atoms with Crippen molar-refractivity contribution in [1.29, 1.82) is 0 Å². The highest BCUT2D eigenvalue weighted by molar-refractivity contribution is 6.38. The molecule has 1 aliphatic heterocycles. The first kappa shape index (κ1) is 42.0. The minimum absolute atomic E-state index is 0.0361. The number of hydrogen-bond acceptors (Lipinski definition) is 8. The van der Waals surface area contributed by atoms with Gasteiger partial charge >= 0.3 is 6.09 Å². The number of nitrogens with one attached hydrogen (secondary N) is 4. The first-order valence-corrected chi connectivity index (χ1v) is 19.0. The molecule has 1 aromatic rings. The van der Waals surface area contributed by atoms with Gasteiger partial charge in [0.1, 0.15) is 23.7 Å². The topological polar surface area (TPSA) is 183 Å². The number of amides is 6. The van der Waals surface area contributed by atoms with E-state index in [0.717, 1.165) is 32.1 Å². The monoisotopic (exact) mass is 750 g/mol. The molecule has 6 atom stereocenters. The van der Waals surface area contributed by atoms with E-state index in [0.29, 0.717) is 18.5 Å². The lowest BCUT2D eigenvalue weighted by Gasteiger charge is -2.37. The second-order valence-electron chi connectivity index (χ2n) is 16.5. The molecule has 3 fully saturated rings. The fraction of sp³-hybridized carbons (Fsp3) is 0.625. The third-order valence-electron chi connectivity index (χ3n) is 10.9. The standard InChI is InChI=1S/C40H58N6O8/c1-9-10-21-27(33(48)35(50)41-22-28(47)43-30(36(51)45(7)8)24-17-13-11-14-18-24)42-34(49)32-29-26(40(29,5)6)23-46(32)37(52)31(25-19-15-12-16-20-25)44-38(53)54-39(2,3)4/h9,11,13-14,17-18,25-27,29-32H,1,10,12,15-16,19-23H2,2-8H3,(H,41,50)(H,42,49)(H,43,47)(H,44,53)/t26?,27?,29?,30-,31?,32-/m0/s1. The summed E-state index contributed by atoms with van der Waals surface area (Å²) in [7, 11) is 3.12. The number of fused-ring (bicyclic) bond motifs is 1. The van der Waals surface area contributed by atoms with Crippen LogP contribution >= 0.6 is 0 Å². The summed E-state index contributed by atoms with van der Waals surface area (Å²) < 4.78 is 5.52. The predicted molar refractivity (Wildman–Crippen MR) is 201 cm³/mol. The first-order valence-electron chi connectivity index (χ1n) is 19.0. The van der Waals surface area contributed by atoms with E-state index in [1.165, 1.54) is 9.80 Å². The van der Waals surface area contributed by atoms with Crippen molar-refractivity contribution in [3.63, 3.8) is 0 Å². The van der Waals surface area contributed by atoms with Crippen molar-refractivity contribution in [3.8, 4) is 0 Å². The summed E-state index contributed by atoms with van der Waals surface area (Å²) >= 11 is 0. The van der Waals surface area contributed by atoms with Crippen LogP contribution in [0.2, 0.25) is 0 Å². The zero-order chi connectivity index (χ0) is 40.0. The molecule has 4 rings (SSSR count). The number of ether oxygens (including phenoxy) is 1. The number of allylic oxidation sites excluding steroid dienone is 1. The van der Waals surface area contributed by atoms with Gasteiger partial charge in [0.15, 0.2) is 0 Å². The highest BCUT2D eigenvalue weighted by Crippen LogP contribution is 2.65. The summed E-state index contributed by atoms with van der Waals surface area (Å²) in [4.78, 5) is 96.9. The lowest BCUT2D eigenvalue weighted by Crippen LogP contribution is -2.60. The van der Waals surface area contributed by atoms with Crippen LogP contribution in [-0.4, -0.2) is 102 Å². The number of piperidine rings is 1. The third-order valence-corrected chi connectivity index (χ3v) is 10.9. The van der Waals surface area contributed by atoms with Gasteiger partial charge in [0, 0.05) is 20.6 Å². The number of Topliss-reactive ketones (excluding diaryl/α,β-unsaturated/α-hetero) is 1. The van der Waals surface area contributed by atoms with E-state index in [-0.39, 0.29) is 41.4 Å². The number of benzene rings is 1. The van der Waals surface area contributed by atoms with E-state index < -0.39 is 65.9 Å². The maximum Gasteiger partial charge on any atom is 0.408 e. The molecule has 2 aliphatic carbocycles. The molecule has 54 heavy (non-hydrogen) atoms. The van der Waals surface area contributed by atoms with Crippen LogP contribution in [0.25, 0.3) is 0 Å². The Bertz CT molecular complexity index is 1580. The Kier molecular flexibility index (Phi) is 13.7. The number of rotatable bonds is 15. The molecule has 1 aromatic carbocycles. The summed E-state index contributed by atoms with van der Waals surface area (Å²) in [6, 6.07) is 4.54. The van der Waals surface area contributed by atoms with Gasteiger partial charge in [0.25, 0.3) is 5.91 Å². The molecule has 296 valence electrons. The van der Waals surface area contributed by atoms with Crippen LogP contribution in [0.1, 0.15) is 91.2 Å². The Hall–Kier alpha value is -4.75. The van der Waals surface area contributed by atoms with Crippen LogP contribution in [0.3, 0.4) is 0 Å².